The Morgan fingerprint density at radius 1 is 1.26 bits per heavy atom. The first-order valence-corrected chi connectivity index (χ1v) is 8.11. The second-order valence-electron chi connectivity index (χ2n) is 5.38. The molecule has 0 saturated carbocycles. The Hall–Kier alpha value is -0.860. The molecule has 0 bridgehead atoms. The quantitative estimate of drug-likeness (QED) is 0.335. The smallest absolute Gasteiger partial charge is 0.282 e. The summed E-state index contributed by atoms with van der Waals surface area (Å²) in [5, 5.41) is 11.7. The highest BCUT2D eigenvalue weighted by molar-refractivity contribution is 7.86. The van der Waals surface area contributed by atoms with Crippen LogP contribution in [0.5, 0.6) is 0 Å². The first kappa shape index (κ1) is 14.5. The molecule has 1 atom stereocenters. The lowest BCUT2D eigenvalue weighted by Gasteiger charge is -2.34. The van der Waals surface area contributed by atoms with Gasteiger partial charge in [-0.25, -0.2) is 0 Å². The lowest BCUT2D eigenvalue weighted by Crippen LogP contribution is -2.51. The Kier molecular flexibility index (Phi) is 4.32. The fourth-order valence-corrected chi connectivity index (χ4v) is 4.61. The largest absolute Gasteiger partial charge is 0.409 e. The molecule has 0 radical (unpaired) electrons. The van der Waals surface area contributed by atoms with E-state index < -0.39 is 16.3 Å². The zero-order valence-corrected chi connectivity index (χ0v) is 12.0. The normalized spacial score (nSPS) is 28.9. The van der Waals surface area contributed by atoms with Crippen LogP contribution in [-0.4, -0.2) is 53.7 Å². The summed E-state index contributed by atoms with van der Waals surface area (Å²) in [6, 6.07) is -0.505. The van der Waals surface area contributed by atoms with Gasteiger partial charge in [0.05, 0.1) is 6.04 Å². The van der Waals surface area contributed by atoms with E-state index in [1.54, 1.807) is 0 Å². The molecule has 0 aromatic rings. The van der Waals surface area contributed by atoms with Crippen LogP contribution in [0.15, 0.2) is 5.16 Å². The molecule has 110 valence electrons. The van der Waals surface area contributed by atoms with Crippen LogP contribution >= 0.6 is 0 Å². The van der Waals surface area contributed by atoms with Crippen molar-refractivity contribution in [3.8, 4) is 0 Å². The van der Waals surface area contributed by atoms with Crippen LogP contribution in [0.3, 0.4) is 0 Å². The van der Waals surface area contributed by atoms with Crippen LogP contribution in [0.2, 0.25) is 0 Å². The molecule has 8 heteroatoms. The van der Waals surface area contributed by atoms with Crippen LogP contribution in [0.1, 0.15) is 32.6 Å². The predicted molar refractivity (Wildman–Crippen MR) is 72.0 cm³/mol. The Bertz CT molecular complexity index is 443. The highest BCUT2D eigenvalue weighted by atomic mass is 32.2. The zero-order chi connectivity index (χ0) is 14.0. The second-order valence-corrected chi connectivity index (χ2v) is 7.26. The fourth-order valence-electron chi connectivity index (χ4n) is 2.74. The standard InChI is InChI=1S/C11H22N4O3S/c1-9-4-7-14(8-5-9)19(17,18)15-6-2-3-10(15)11(12)13-16/h9-10,16H,2-8H2,1H3,(H2,12,13). The summed E-state index contributed by atoms with van der Waals surface area (Å²) in [5.74, 6) is 0.552. The summed E-state index contributed by atoms with van der Waals surface area (Å²) >= 11 is 0. The van der Waals surface area contributed by atoms with Crippen molar-refractivity contribution in [1.82, 2.24) is 8.61 Å². The van der Waals surface area contributed by atoms with Crippen LogP contribution in [0, 0.1) is 5.92 Å². The molecule has 2 heterocycles. The third-order valence-corrected chi connectivity index (χ3v) is 6.07. The van der Waals surface area contributed by atoms with E-state index in [9.17, 15) is 8.42 Å². The Morgan fingerprint density at radius 3 is 2.47 bits per heavy atom. The molecule has 3 N–H and O–H groups in total. The minimum absolute atomic E-state index is 0.0218. The predicted octanol–water partition coefficient (Wildman–Crippen LogP) is 0.174. The maximum absolute atomic E-state index is 12.6. The number of amidine groups is 1. The Balaban J connectivity index is 2.15. The van der Waals surface area contributed by atoms with Gasteiger partial charge in [0.2, 0.25) is 0 Å². The van der Waals surface area contributed by atoms with Crippen molar-refractivity contribution in [3.63, 3.8) is 0 Å². The number of nitrogens with zero attached hydrogens (tertiary/aromatic N) is 3. The van der Waals surface area contributed by atoms with Gasteiger partial charge < -0.3 is 10.9 Å². The minimum Gasteiger partial charge on any atom is -0.409 e. The van der Waals surface area contributed by atoms with Gasteiger partial charge in [-0.3, -0.25) is 0 Å². The summed E-state index contributed by atoms with van der Waals surface area (Å²) < 4.78 is 28.1. The van der Waals surface area contributed by atoms with Gasteiger partial charge in [0, 0.05) is 19.6 Å². The van der Waals surface area contributed by atoms with E-state index in [0.29, 0.717) is 32.0 Å². The van der Waals surface area contributed by atoms with E-state index in [4.69, 9.17) is 10.9 Å². The molecule has 1 unspecified atom stereocenters. The van der Waals surface area contributed by atoms with Gasteiger partial charge in [-0.1, -0.05) is 12.1 Å². The van der Waals surface area contributed by atoms with Gasteiger partial charge in [-0.15, -0.1) is 0 Å². The molecule has 2 fully saturated rings. The molecule has 0 amide bonds. The van der Waals surface area contributed by atoms with Crippen molar-refractivity contribution < 1.29 is 13.6 Å². The van der Waals surface area contributed by atoms with Crippen molar-refractivity contribution >= 4 is 16.0 Å². The molecule has 7 nitrogen and oxygen atoms in total. The van der Waals surface area contributed by atoms with Crippen molar-refractivity contribution in [1.29, 1.82) is 0 Å². The molecule has 2 rings (SSSR count). The molecule has 0 spiro atoms. The highest BCUT2D eigenvalue weighted by Gasteiger charge is 2.40. The Labute approximate surface area is 114 Å². The van der Waals surface area contributed by atoms with Crippen molar-refractivity contribution in [2.75, 3.05) is 19.6 Å². The maximum atomic E-state index is 12.6. The molecule has 0 aliphatic carbocycles. The molecule has 19 heavy (non-hydrogen) atoms. The number of oxime groups is 1. The first-order chi connectivity index (χ1) is 8.96. The lowest BCUT2D eigenvalue weighted by molar-refractivity contribution is 0.265. The summed E-state index contributed by atoms with van der Waals surface area (Å²) in [6.45, 7) is 3.69. The molecule has 0 aromatic carbocycles. The number of nitrogens with two attached hydrogens (primary N) is 1. The van der Waals surface area contributed by atoms with E-state index in [-0.39, 0.29) is 5.84 Å². The molecule has 2 aliphatic rings. The van der Waals surface area contributed by atoms with Gasteiger partial charge in [0.15, 0.2) is 5.84 Å². The number of rotatable bonds is 3. The second kappa shape index (κ2) is 5.64. The topological polar surface area (TPSA) is 99.2 Å². The average molecular weight is 290 g/mol. The zero-order valence-electron chi connectivity index (χ0n) is 11.2. The van der Waals surface area contributed by atoms with E-state index >= 15 is 0 Å². The van der Waals surface area contributed by atoms with Crippen LogP contribution in [0.4, 0.5) is 0 Å². The lowest BCUT2D eigenvalue weighted by atomic mass is 10.0. The van der Waals surface area contributed by atoms with Crippen molar-refractivity contribution in [2.45, 2.75) is 38.6 Å². The summed E-state index contributed by atoms with van der Waals surface area (Å²) in [4.78, 5) is 0. The molecule has 2 saturated heterocycles. The van der Waals surface area contributed by atoms with Crippen molar-refractivity contribution in [2.24, 2.45) is 16.8 Å². The highest BCUT2D eigenvalue weighted by Crippen LogP contribution is 2.26. The number of hydrogen-bond donors (Lipinski definition) is 2. The summed E-state index contributed by atoms with van der Waals surface area (Å²) in [7, 11) is -3.49. The van der Waals surface area contributed by atoms with Gasteiger partial charge in [0.1, 0.15) is 0 Å². The minimum atomic E-state index is -3.49. The summed E-state index contributed by atoms with van der Waals surface area (Å²) in [6.07, 6.45) is 3.13. The van der Waals surface area contributed by atoms with Crippen molar-refractivity contribution in [3.05, 3.63) is 0 Å². The van der Waals surface area contributed by atoms with Gasteiger partial charge in [-0.2, -0.15) is 17.0 Å². The fraction of sp³-hybridized carbons (Fsp3) is 0.909. The van der Waals surface area contributed by atoms with Gasteiger partial charge >= 0.3 is 0 Å². The third-order valence-electron chi connectivity index (χ3n) is 4.03. The third kappa shape index (κ3) is 2.85. The number of piperidine rings is 1. The van der Waals surface area contributed by atoms with Gasteiger partial charge in [-0.05, 0) is 31.6 Å². The first-order valence-electron chi connectivity index (χ1n) is 6.71. The van der Waals surface area contributed by atoms with E-state index in [1.165, 1.54) is 8.61 Å². The molecule has 0 aromatic heterocycles. The maximum Gasteiger partial charge on any atom is 0.282 e. The SMILES string of the molecule is CC1CCN(S(=O)(=O)N2CCCC2C(N)=NO)CC1. The average Bonchev–Trinajstić information content (AvgIpc) is 2.88. The summed E-state index contributed by atoms with van der Waals surface area (Å²) in [5.41, 5.74) is 5.59. The van der Waals surface area contributed by atoms with E-state index in [2.05, 4.69) is 12.1 Å². The van der Waals surface area contributed by atoms with Gasteiger partial charge in [0.25, 0.3) is 10.2 Å². The monoisotopic (exact) mass is 290 g/mol. The van der Waals surface area contributed by atoms with Crippen LogP contribution < -0.4 is 5.73 Å². The van der Waals surface area contributed by atoms with E-state index in [1.807, 2.05) is 0 Å². The molecular formula is C11H22N4O3S. The Morgan fingerprint density at radius 2 is 1.89 bits per heavy atom. The molecule has 2 aliphatic heterocycles. The van der Waals surface area contributed by atoms with Crippen LogP contribution in [0.25, 0.3) is 0 Å². The van der Waals surface area contributed by atoms with Crippen LogP contribution in [-0.2, 0) is 10.2 Å². The van der Waals surface area contributed by atoms with E-state index in [0.717, 1.165) is 19.3 Å². The number of hydrogen-bond acceptors (Lipinski definition) is 4. The molecular weight excluding hydrogens is 268 g/mol.